The number of carbonyl (C=O) groups excluding carboxylic acids is 1. The summed E-state index contributed by atoms with van der Waals surface area (Å²) in [7, 11) is 0. The van der Waals surface area contributed by atoms with Crippen LogP contribution in [0.25, 0.3) is 11.0 Å². The number of amides is 1. The van der Waals surface area contributed by atoms with Gasteiger partial charge in [-0.15, -0.1) is 0 Å². The number of fused-ring (bicyclic) bond motifs is 2. The minimum atomic E-state index is -0.735. The van der Waals surface area contributed by atoms with E-state index in [1.807, 2.05) is 57.2 Å². The van der Waals surface area contributed by atoms with Crippen molar-refractivity contribution in [1.29, 1.82) is 0 Å². The van der Waals surface area contributed by atoms with Crippen LogP contribution in [0.3, 0.4) is 0 Å². The van der Waals surface area contributed by atoms with Crippen molar-refractivity contribution < 1.29 is 18.7 Å². The van der Waals surface area contributed by atoms with Crippen LogP contribution in [0, 0.1) is 13.8 Å². The number of anilines is 1. The predicted molar refractivity (Wildman–Crippen MR) is 155 cm³/mol. The highest BCUT2D eigenvalue weighted by atomic mass is 35.5. The minimum Gasteiger partial charge on any atom is -0.490 e. The minimum absolute atomic E-state index is 0.0379. The molecular formula is C32H32ClNO5. The van der Waals surface area contributed by atoms with Gasteiger partial charge in [0.1, 0.15) is 5.58 Å². The standard InChI is InChI=1S/C32H32ClNO5/c1-5-7-8-15-38-26-14-11-21(17-27(26)37-6-2)29-28-30(35)23-16-19(3)9-13-25(23)39-31(28)32(36)34(29)22-12-10-20(4)24(33)18-22/h9-14,16-18,29H,5-8,15H2,1-4H3. The molecule has 4 aromatic rings. The summed E-state index contributed by atoms with van der Waals surface area (Å²) in [6, 6.07) is 15.7. The molecule has 0 radical (unpaired) electrons. The summed E-state index contributed by atoms with van der Waals surface area (Å²) in [4.78, 5) is 29.5. The molecule has 3 aromatic carbocycles. The summed E-state index contributed by atoms with van der Waals surface area (Å²) in [6.45, 7) is 8.90. The highest BCUT2D eigenvalue weighted by Gasteiger charge is 2.44. The molecule has 202 valence electrons. The smallest absolute Gasteiger partial charge is 0.295 e. The molecule has 0 fully saturated rings. The summed E-state index contributed by atoms with van der Waals surface area (Å²) in [5, 5.41) is 0.970. The Morgan fingerprint density at radius 1 is 0.923 bits per heavy atom. The molecule has 7 heteroatoms. The monoisotopic (exact) mass is 545 g/mol. The van der Waals surface area contributed by atoms with Crippen molar-refractivity contribution in [2.45, 2.75) is 53.0 Å². The molecule has 0 saturated carbocycles. The zero-order chi connectivity index (χ0) is 27.7. The van der Waals surface area contributed by atoms with Crippen molar-refractivity contribution in [3.63, 3.8) is 0 Å². The lowest BCUT2D eigenvalue weighted by Crippen LogP contribution is -2.29. The van der Waals surface area contributed by atoms with Gasteiger partial charge < -0.3 is 13.9 Å². The van der Waals surface area contributed by atoms with Crippen molar-refractivity contribution in [1.82, 2.24) is 0 Å². The van der Waals surface area contributed by atoms with Gasteiger partial charge in [-0.05, 0) is 74.7 Å². The Morgan fingerprint density at radius 2 is 1.74 bits per heavy atom. The van der Waals surface area contributed by atoms with Gasteiger partial charge >= 0.3 is 0 Å². The maximum absolute atomic E-state index is 14.0. The Bertz CT molecular complexity index is 1610. The third kappa shape index (κ3) is 5.01. The Hall–Kier alpha value is -3.77. The van der Waals surface area contributed by atoms with E-state index in [0.29, 0.717) is 57.5 Å². The van der Waals surface area contributed by atoms with E-state index in [1.54, 1.807) is 23.1 Å². The van der Waals surface area contributed by atoms with Gasteiger partial charge in [0.25, 0.3) is 5.91 Å². The third-order valence-electron chi connectivity index (χ3n) is 7.05. The van der Waals surface area contributed by atoms with Gasteiger partial charge in [-0.1, -0.05) is 55.1 Å². The van der Waals surface area contributed by atoms with Crippen LogP contribution in [0.2, 0.25) is 5.02 Å². The second kappa shape index (κ2) is 11.1. The van der Waals surface area contributed by atoms with Crippen LogP contribution in [0.1, 0.15) is 72.0 Å². The number of benzene rings is 3. The molecule has 6 nitrogen and oxygen atoms in total. The Labute approximate surface area is 233 Å². The highest BCUT2D eigenvalue weighted by molar-refractivity contribution is 6.31. The number of carbonyl (C=O) groups is 1. The lowest BCUT2D eigenvalue weighted by atomic mass is 9.97. The lowest BCUT2D eigenvalue weighted by molar-refractivity contribution is 0.0971. The highest BCUT2D eigenvalue weighted by Crippen LogP contribution is 2.44. The molecule has 0 spiro atoms. The molecule has 0 saturated heterocycles. The van der Waals surface area contributed by atoms with Gasteiger partial charge in [-0.2, -0.15) is 0 Å². The molecule has 0 N–H and O–H groups in total. The van der Waals surface area contributed by atoms with Gasteiger partial charge in [-0.25, -0.2) is 0 Å². The first-order valence-corrected chi connectivity index (χ1v) is 13.8. The number of halogens is 1. The zero-order valence-corrected chi connectivity index (χ0v) is 23.4. The van der Waals surface area contributed by atoms with E-state index in [9.17, 15) is 9.59 Å². The van der Waals surface area contributed by atoms with Crippen LogP contribution in [-0.4, -0.2) is 19.1 Å². The molecule has 1 atom stereocenters. The van der Waals surface area contributed by atoms with E-state index in [2.05, 4.69) is 6.92 Å². The van der Waals surface area contributed by atoms with Crippen molar-refractivity contribution in [3.8, 4) is 11.5 Å². The quantitative estimate of drug-likeness (QED) is 0.201. The average molecular weight is 546 g/mol. The molecule has 1 aliphatic rings. The van der Waals surface area contributed by atoms with Crippen LogP contribution in [0.4, 0.5) is 5.69 Å². The first-order chi connectivity index (χ1) is 18.8. The normalized spacial score (nSPS) is 14.6. The second-order valence-corrected chi connectivity index (χ2v) is 10.3. The summed E-state index contributed by atoms with van der Waals surface area (Å²) >= 11 is 6.48. The van der Waals surface area contributed by atoms with E-state index in [4.69, 9.17) is 25.5 Å². The maximum Gasteiger partial charge on any atom is 0.295 e. The number of aryl methyl sites for hydroxylation is 2. The molecular weight excluding hydrogens is 514 g/mol. The van der Waals surface area contributed by atoms with E-state index in [0.717, 1.165) is 30.4 Å². The van der Waals surface area contributed by atoms with Crippen molar-refractivity contribution in [3.05, 3.63) is 97.9 Å². The molecule has 1 unspecified atom stereocenters. The van der Waals surface area contributed by atoms with Gasteiger partial charge in [0, 0.05) is 10.7 Å². The number of hydrogen-bond acceptors (Lipinski definition) is 5. The maximum atomic E-state index is 14.0. The number of hydrogen-bond donors (Lipinski definition) is 0. The van der Waals surface area contributed by atoms with E-state index in [-0.39, 0.29) is 11.2 Å². The van der Waals surface area contributed by atoms with E-state index < -0.39 is 11.9 Å². The molecule has 0 bridgehead atoms. The Morgan fingerprint density at radius 3 is 2.49 bits per heavy atom. The average Bonchev–Trinajstić information content (AvgIpc) is 3.22. The summed E-state index contributed by atoms with van der Waals surface area (Å²) < 4.78 is 18.1. The molecule has 39 heavy (non-hydrogen) atoms. The fourth-order valence-electron chi connectivity index (χ4n) is 5.02. The molecule has 1 aromatic heterocycles. The predicted octanol–water partition coefficient (Wildman–Crippen LogP) is 7.78. The molecule has 2 heterocycles. The van der Waals surface area contributed by atoms with Gasteiger partial charge in [-0.3, -0.25) is 14.5 Å². The molecule has 1 amide bonds. The largest absolute Gasteiger partial charge is 0.490 e. The second-order valence-electron chi connectivity index (χ2n) is 9.88. The van der Waals surface area contributed by atoms with Crippen LogP contribution in [0.5, 0.6) is 11.5 Å². The summed E-state index contributed by atoms with van der Waals surface area (Å²) in [5.74, 6) is 0.839. The van der Waals surface area contributed by atoms with Crippen molar-refractivity contribution in [2.24, 2.45) is 0 Å². The van der Waals surface area contributed by atoms with E-state index >= 15 is 0 Å². The number of rotatable bonds is 9. The summed E-state index contributed by atoms with van der Waals surface area (Å²) in [5.41, 5.74) is 3.56. The molecule has 5 rings (SSSR count). The third-order valence-corrected chi connectivity index (χ3v) is 7.46. The lowest BCUT2D eigenvalue weighted by Gasteiger charge is -2.26. The Balaban J connectivity index is 1.69. The summed E-state index contributed by atoms with van der Waals surface area (Å²) in [6.07, 6.45) is 3.13. The number of unbranched alkanes of at least 4 members (excludes halogenated alkanes) is 2. The number of nitrogens with zero attached hydrogens (tertiary/aromatic N) is 1. The van der Waals surface area contributed by atoms with E-state index in [1.165, 1.54) is 0 Å². The van der Waals surface area contributed by atoms with Crippen LogP contribution < -0.4 is 19.8 Å². The molecule has 1 aliphatic heterocycles. The Kier molecular flexibility index (Phi) is 7.67. The van der Waals surface area contributed by atoms with Gasteiger partial charge in [0.2, 0.25) is 5.76 Å². The topological polar surface area (TPSA) is 69.0 Å². The fraction of sp³-hybridized carbons (Fsp3) is 0.312. The zero-order valence-electron chi connectivity index (χ0n) is 22.7. The fourth-order valence-corrected chi connectivity index (χ4v) is 5.19. The first-order valence-electron chi connectivity index (χ1n) is 13.4. The van der Waals surface area contributed by atoms with Crippen molar-refractivity contribution >= 4 is 34.2 Å². The van der Waals surface area contributed by atoms with Crippen LogP contribution >= 0.6 is 11.6 Å². The molecule has 0 aliphatic carbocycles. The number of ether oxygens (including phenoxy) is 2. The first kappa shape index (κ1) is 26.8. The van der Waals surface area contributed by atoms with Crippen LogP contribution in [0.15, 0.2) is 63.8 Å². The van der Waals surface area contributed by atoms with Gasteiger partial charge in [0.05, 0.1) is 30.2 Å². The van der Waals surface area contributed by atoms with Gasteiger partial charge in [0.15, 0.2) is 16.9 Å². The van der Waals surface area contributed by atoms with Crippen molar-refractivity contribution in [2.75, 3.05) is 18.1 Å². The van der Waals surface area contributed by atoms with Crippen LogP contribution in [-0.2, 0) is 0 Å². The SMILES string of the molecule is CCCCCOc1ccc(C2c3c(oc4ccc(C)cc4c3=O)C(=O)N2c2ccc(C)c(Cl)c2)cc1OCC.